The molecule has 0 aliphatic rings. The third-order valence-corrected chi connectivity index (χ3v) is 4.33. The van der Waals surface area contributed by atoms with Crippen LogP contribution in [0.2, 0.25) is 0 Å². The van der Waals surface area contributed by atoms with E-state index in [1.807, 2.05) is 37.3 Å². The molecule has 3 rings (SSSR count). The van der Waals surface area contributed by atoms with Gasteiger partial charge in [-0.3, -0.25) is 4.98 Å². The summed E-state index contributed by atoms with van der Waals surface area (Å²) in [4.78, 5) is 4.40. The van der Waals surface area contributed by atoms with E-state index in [2.05, 4.69) is 45.2 Å². The molecule has 0 bridgehead atoms. The highest BCUT2D eigenvalue weighted by Crippen LogP contribution is 2.32. The van der Waals surface area contributed by atoms with E-state index in [0.29, 0.717) is 0 Å². The summed E-state index contributed by atoms with van der Waals surface area (Å²) in [7, 11) is 0. The summed E-state index contributed by atoms with van der Waals surface area (Å²) in [5.41, 5.74) is 9.11. The smallest absolute Gasteiger partial charge is 0.0705 e. The normalized spacial score (nSPS) is 14.2. The van der Waals surface area contributed by atoms with E-state index >= 15 is 0 Å². The molecule has 0 saturated carbocycles. The molecule has 0 saturated heterocycles. The lowest BCUT2D eigenvalue weighted by atomic mass is 9.85. The zero-order valence-electron chi connectivity index (χ0n) is 11.2. The fourth-order valence-electron chi connectivity index (χ4n) is 2.43. The molecule has 2 aromatic carbocycles. The Hall–Kier alpha value is -1.71. The Kier molecular flexibility index (Phi) is 3.32. The average Bonchev–Trinajstić information content (AvgIpc) is 2.47. The van der Waals surface area contributed by atoms with Crippen LogP contribution < -0.4 is 5.73 Å². The second-order valence-corrected chi connectivity index (χ2v) is 5.95. The Balaban J connectivity index is 2.16. The number of fused-ring (bicyclic) bond motifs is 1. The third-order valence-electron chi connectivity index (χ3n) is 3.64. The predicted molar refractivity (Wildman–Crippen MR) is 86.5 cm³/mol. The molecular weight excluding hydrogens is 312 g/mol. The summed E-state index contributed by atoms with van der Waals surface area (Å²) in [5, 5.41) is 1.12. The maximum absolute atomic E-state index is 6.59. The van der Waals surface area contributed by atoms with Crippen LogP contribution in [-0.4, -0.2) is 4.98 Å². The topological polar surface area (TPSA) is 38.9 Å². The molecule has 0 aliphatic heterocycles. The molecule has 2 N–H and O–H groups in total. The molecule has 3 heteroatoms. The summed E-state index contributed by atoms with van der Waals surface area (Å²) in [6.07, 6.45) is 1.80. The highest BCUT2D eigenvalue weighted by molar-refractivity contribution is 9.10. The number of hydrogen-bond acceptors (Lipinski definition) is 2. The van der Waals surface area contributed by atoms with E-state index in [4.69, 9.17) is 5.73 Å². The van der Waals surface area contributed by atoms with Gasteiger partial charge in [-0.15, -0.1) is 0 Å². The number of halogens is 1. The van der Waals surface area contributed by atoms with Gasteiger partial charge in [-0.1, -0.05) is 52.3 Å². The van der Waals surface area contributed by atoms with E-state index in [1.165, 1.54) is 0 Å². The van der Waals surface area contributed by atoms with E-state index in [1.54, 1.807) is 6.20 Å². The lowest BCUT2D eigenvalue weighted by molar-refractivity contribution is 0.601. The highest BCUT2D eigenvalue weighted by atomic mass is 79.9. The lowest BCUT2D eigenvalue weighted by Gasteiger charge is -2.27. The fourth-order valence-corrected chi connectivity index (χ4v) is 3.12. The van der Waals surface area contributed by atoms with Crippen molar-refractivity contribution in [1.82, 2.24) is 4.98 Å². The van der Waals surface area contributed by atoms with Crippen LogP contribution >= 0.6 is 15.9 Å². The van der Waals surface area contributed by atoms with Crippen LogP contribution in [0.15, 0.2) is 65.3 Å². The molecule has 0 fully saturated rings. The Bertz CT molecular complexity index is 766. The van der Waals surface area contributed by atoms with Crippen LogP contribution in [0, 0.1) is 0 Å². The standard InChI is InChI=1S/C17H15BrN2/c1-17(19,14-6-2-3-7-15(14)18)13-9-8-12-5-4-10-20-16(12)11-13/h2-11H,19H2,1H3. The first kappa shape index (κ1) is 13.3. The Morgan fingerprint density at radius 2 is 1.85 bits per heavy atom. The Labute approximate surface area is 126 Å². The van der Waals surface area contributed by atoms with E-state index in [9.17, 15) is 0 Å². The van der Waals surface area contributed by atoms with Crippen molar-refractivity contribution < 1.29 is 0 Å². The minimum absolute atomic E-state index is 0.564. The lowest BCUT2D eigenvalue weighted by Crippen LogP contribution is -2.34. The summed E-state index contributed by atoms with van der Waals surface area (Å²) in [5.74, 6) is 0. The van der Waals surface area contributed by atoms with Gasteiger partial charge in [0.1, 0.15) is 0 Å². The first-order chi connectivity index (χ1) is 9.59. The highest BCUT2D eigenvalue weighted by Gasteiger charge is 2.26. The van der Waals surface area contributed by atoms with Crippen LogP contribution in [0.4, 0.5) is 0 Å². The number of pyridine rings is 1. The first-order valence-electron chi connectivity index (χ1n) is 6.48. The van der Waals surface area contributed by atoms with Crippen LogP contribution in [0.5, 0.6) is 0 Å². The van der Waals surface area contributed by atoms with Crippen LogP contribution in [0.1, 0.15) is 18.1 Å². The summed E-state index contributed by atoms with van der Waals surface area (Å²) in [6.45, 7) is 2.02. The average molecular weight is 327 g/mol. The van der Waals surface area contributed by atoms with Crippen molar-refractivity contribution in [3.05, 3.63) is 76.4 Å². The van der Waals surface area contributed by atoms with Gasteiger partial charge in [-0.05, 0) is 36.2 Å². The van der Waals surface area contributed by atoms with E-state index < -0.39 is 5.54 Å². The van der Waals surface area contributed by atoms with Gasteiger partial charge < -0.3 is 5.73 Å². The number of hydrogen-bond donors (Lipinski definition) is 1. The van der Waals surface area contributed by atoms with E-state index in [-0.39, 0.29) is 0 Å². The van der Waals surface area contributed by atoms with Crippen LogP contribution in [0.25, 0.3) is 10.9 Å². The molecule has 0 aliphatic carbocycles. The van der Waals surface area contributed by atoms with Crippen molar-refractivity contribution in [3.8, 4) is 0 Å². The maximum atomic E-state index is 6.59. The maximum Gasteiger partial charge on any atom is 0.0705 e. The zero-order valence-corrected chi connectivity index (χ0v) is 12.8. The molecule has 1 unspecified atom stereocenters. The number of aromatic nitrogens is 1. The summed E-state index contributed by atoms with van der Waals surface area (Å²) < 4.78 is 1.02. The molecule has 1 heterocycles. The molecular formula is C17H15BrN2. The molecule has 100 valence electrons. The van der Waals surface area contributed by atoms with Gasteiger partial charge in [-0.2, -0.15) is 0 Å². The van der Waals surface area contributed by atoms with Crippen molar-refractivity contribution >= 4 is 26.8 Å². The van der Waals surface area contributed by atoms with Crippen molar-refractivity contribution in [1.29, 1.82) is 0 Å². The van der Waals surface area contributed by atoms with Gasteiger partial charge in [0.2, 0.25) is 0 Å². The van der Waals surface area contributed by atoms with Crippen LogP contribution in [-0.2, 0) is 5.54 Å². The minimum Gasteiger partial charge on any atom is -0.318 e. The van der Waals surface area contributed by atoms with Gasteiger partial charge in [0.05, 0.1) is 11.1 Å². The first-order valence-corrected chi connectivity index (χ1v) is 7.27. The quantitative estimate of drug-likeness (QED) is 0.765. The van der Waals surface area contributed by atoms with Gasteiger partial charge in [-0.25, -0.2) is 0 Å². The second-order valence-electron chi connectivity index (χ2n) is 5.09. The number of benzene rings is 2. The monoisotopic (exact) mass is 326 g/mol. The largest absolute Gasteiger partial charge is 0.318 e. The molecule has 1 aromatic heterocycles. The minimum atomic E-state index is -0.564. The van der Waals surface area contributed by atoms with E-state index in [0.717, 1.165) is 26.5 Å². The molecule has 0 amide bonds. The SMILES string of the molecule is CC(N)(c1ccc2cccnc2c1)c1ccccc1Br. The van der Waals surface area contributed by atoms with Gasteiger partial charge in [0, 0.05) is 16.1 Å². The zero-order chi connectivity index (χ0) is 14.2. The van der Waals surface area contributed by atoms with Crippen molar-refractivity contribution in [3.63, 3.8) is 0 Å². The Morgan fingerprint density at radius 1 is 1.05 bits per heavy atom. The molecule has 0 spiro atoms. The summed E-state index contributed by atoms with van der Waals surface area (Å²) >= 11 is 3.58. The fraction of sp³-hybridized carbons (Fsp3) is 0.118. The molecule has 3 aromatic rings. The summed E-state index contributed by atoms with van der Waals surface area (Å²) in [6, 6.07) is 18.3. The number of rotatable bonds is 2. The van der Waals surface area contributed by atoms with Crippen molar-refractivity contribution in [2.45, 2.75) is 12.5 Å². The van der Waals surface area contributed by atoms with Gasteiger partial charge in [0.15, 0.2) is 0 Å². The van der Waals surface area contributed by atoms with Crippen LogP contribution in [0.3, 0.4) is 0 Å². The molecule has 2 nitrogen and oxygen atoms in total. The molecule has 20 heavy (non-hydrogen) atoms. The molecule has 1 atom stereocenters. The van der Waals surface area contributed by atoms with Gasteiger partial charge in [0.25, 0.3) is 0 Å². The van der Waals surface area contributed by atoms with Crippen molar-refractivity contribution in [2.75, 3.05) is 0 Å². The predicted octanol–water partition coefficient (Wildman–Crippen LogP) is 4.22. The number of nitrogens with two attached hydrogens (primary N) is 1. The molecule has 0 radical (unpaired) electrons. The Morgan fingerprint density at radius 3 is 2.65 bits per heavy atom. The van der Waals surface area contributed by atoms with Gasteiger partial charge >= 0.3 is 0 Å². The number of nitrogens with zero attached hydrogens (tertiary/aromatic N) is 1. The van der Waals surface area contributed by atoms with Crippen molar-refractivity contribution in [2.24, 2.45) is 5.73 Å². The second kappa shape index (κ2) is 5.00. The third kappa shape index (κ3) is 2.23.